The molecule has 156 valence electrons. The van der Waals surface area contributed by atoms with E-state index in [1.807, 2.05) is 6.92 Å². The third kappa shape index (κ3) is 2.91. The highest BCUT2D eigenvalue weighted by molar-refractivity contribution is 5.80. The Morgan fingerprint density at radius 1 is 1.14 bits per heavy atom. The molecule has 8 atom stereocenters. The maximum atomic E-state index is 12.6. The van der Waals surface area contributed by atoms with Gasteiger partial charge in [-0.3, -0.25) is 9.59 Å². The molecule has 3 saturated carbocycles. The van der Waals surface area contributed by atoms with Gasteiger partial charge in [-0.1, -0.05) is 38.8 Å². The van der Waals surface area contributed by atoms with Crippen LogP contribution in [-0.4, -0.2) is 17.9 Å². The number of carbonyl (C=O) groups is 2. The average Bonchev–Trinajstić information content (AvgIpc) is 2.94. The van der Waals surface area contributed by atoms with E-state index in [1.54, 1.807) is 5.57 Å². The monoisotopic (exact) mass is 386 g/mol. The van der Waals surface area contributed by atoms with Gasteiger partial charge in [0.1, 0.15) is 11.9 Å². The van der Waals surface area contributed by atoms with Gasteiger partial charge in [0.25, 0.3) is 0 Å². The van der Waals surface area contributed by atoms with Crippen molar-refractivity contribution in [2.75, 3.05) is 0 Å². The Hall–Kier alpha value is -1.12. The topological polar surface area (TPSA) is 43.4 Å². The van der Waals surface area contributed by atoms with Gasteiger partial charge in [0.05, 0.1) is 0 Å². The summed E-state index contributed by atoms with van der Waals surface area (Å²) in [7, 11) is 0. The number of Topliss-reactive ketones (excluding diaryl/α,β-unsaturated/α-hetero) is 1. The molecule has 6 unspecified atom stereocenters. The molecule has 0 aromatic rings. The van der Waals surface area contributed by atoms with E-state index in [4.69, 9.17) is 4.74 Å². The summed E-state index contributed by atoms with van der Waals surface area (Å²) in [4.78, 5) is 24.0. The van der Waals surface area contributed by atoms with Gasteiger partial charge in [-0.05, 0) is 80.0 Å². The number of carbonyl (C=O) groups excluding carboxylic acids is 2. The van der Waals surface area contributed by atoms with Crippen molar-refractivity contribution < 1.29 is 14.3 Å². The van der Waals surface area contributed by atoms with Gasteiger partial charge in [-0.25, -0.2) is 0 Å². The van der Waals surface area contributed by atoms with Crippen molar-refractivity contribution in [2.45, 2.75) is 92.1 Å². The maximum Gasteiger partial charge on any atom is 0.302 e. The van der Waals surface area contributed by atoms with Crippen LogP contribution >= 0.6 is 0 Å². The normalized spacial score (nSPS) is 47.4. The van der Waals surface area contributed by atoms with Crippen molar-refractivity contribution in [1.29, 1.82) is 0 Å². The standard InChI is InChI=1S/C25H38O3/c1-6-17-13-22-20-8-7-18-14-19(28-16(3)27)9-11-24(18,4)21(20)10-12-25(22,5)23(17)15(2)26/h7,17,19-23H,6,8-14H2,1-5H3/t17-,19?,20?,21?,22?,23?,24?,25-/m1/s1. The van der Waals surface area contributed by atoms with Crippen molar-refractivity contribution >= 4 is 11.8 Å². The van der Waals surface area contributed by atoms with E-state index >= 15 is 0 Å². The first-order valence-electron chi connectivity index (χ1n) is 11.6. The van der Waals surface area contributed by atoms with Crippen LogP contribution in [0.5, 0.6) is 0 Å². The van der Waals surface area contributed by atoms with Crippen molar-refractivity contribution in [3.05, 3.63) is 11.6 Å². The molecule has 0 heterocycles. The van der Waals surface area contributed by atoms with Crippen LogP contribution in [0.2, 0.25) is 0 Å². The average molecular weight is 387 g/mol. The second-order valence-electron chi connectivity index (χ2n) is 10.8. The molecule has 3 heteroatoms. The zero-order valence-electron chi connectivity index (χ0n) is 18.4. The number of ether oxygens (including phenoxy) is 1. The summed E-state index contributed by atoms with van der Waals surface area (Å²) in [5.41, 5.74) is 2.00. The molecule has 0 bridgehead atoms. The molecule has 28 heavy (non-hydrogen) atoms. The first-order valence-corrected chi connectivity index (χ1v) is 11.6. The summed E-state index contributed by atoms with van der Waals surface area (Å²) in [5, 5.41) is 0. The molecule has 0 aliphatic heterocycles. The molecule has 4 rings (SSSR count). The van der Waals surface area contributed by atoms with E-state index in [-0.39, 0.29) is 28.8 Å². The quantitative estimate of drug-likeness (QED) is 0.460. The molecular formula is C25H38O3. The lowest BCUT2D eigenvalue weighted by Crippen LogP contribution is -2.51. The summed E-state index contributed by atoms with van der Waals surface area (Å²) in [6.07, 6.45) is 11.6. The second kappa shape index (κ2) is 6.99. The number of ketones is 1. The van der Waals surface area contributed by atoms with Crippen molar-refractivity contribution in [3.63, 3.8) is 0 Å². The smallest absolute Gasteiger partial charge is 0.302 e. The second-order valence-corrected chi connectivity index (χ2v) is 10.8. The van der Waals surface area contributed by atoms with Gasteiger partial charge >= 0.3 is 5.97 Å². The minimum absolute atomic E-state index is 0.0697. The summed E-state index contributed by atoms with van der Waals surface area (Å²) in [5.74, 6) is 3.25. The fraction of sp³-hybridized carbons (Fsp3) is 0.840. The highest BCUT2D eigenvalue weighted by atomic mass is 16.5. The van der Waals surface area contributed by atoms with Crippen LogP contribution in [0, 0.1) is 40.4 Å². The highest BCUT2D eigenvalue weighted by Crippen LogP contribution is 2.67. The number of fused-ring (bicyclic) bond motifs is 5. The molecule has 4 aliphatic carbocycles. The molecule has 4 aliphatic rings. The van der Waals surface area contributed by atoms with Gasteiger partial charge in [-0.2, -0.15) is 0 Å². The van der Waals surface area contributed by atoms with Crippen LogP contribution in [0.25, 0.3) is 0 Å². The molecule has 0 N–H and O–H groups in total. The third-order valence-corrected chi connectivity index (χ3v) is 9.53. The molecule has 0 radical (unpaired) electrons. The predicted octanol–water partition coefficient (Wildman–Crippen LogP) is 5.72. The van der Waals surface area contributed by atoms with E-state index in [0.29, 0.717) is 17.6 Å². The Kier molecular flexibility index (Phi) is 5.03. The molecule has 3 fully saturated rings. The van der Waals surface area contributed by atoms with Crippen molar-refractivity contribution in [3.8, 4) is 0 Å². The summed E-state index contributed by atoms with van der Waals surface area (Å²) in [6.45, 7) is 10.6. The Labute approximate surface area is 170 Å². The largest absolute Gasteiger partial charge is 0.462 e. The SMILES string of the molecule is CC[C@@H]1CC2C3CC=C4CC(OC(C)=O)CCC4(C)C3CC[C@@]2(C)C1C(C)=O. The minimum atomic E-state index is -0.150. The van der Waals surface area contributed by atoms with Crippen LogP contribution in [0.3, 0.4) is 0 Å². The van der Waals surface area contributed by atoms with Gasteiger partial charge in [-0.15, -0.1) is 0 Å². The third-order valence-electron chi connectivity index (χ3n) is 9.53. The summed E-state index contributed by atoms with van der Waals surface area (Å²) >= 11 is 0. The van der Waals surface area contributed by atoms with Gasteiger partial charge < -0.3 is 4.74 Å². The number of hydrogen-bond donors (Lipinski definition) is 0. The fourth-order valence-electron chi connectivity index (χ4n) is 8.34. The first kappa shape index (κ1) is 20.2. The highest BCUT2D eigenvalue weighted by Gasteiger charge is 2.61. The van der Waals surface area contributed by atoms with E-state index in [0.717, 1.165) is 43.9 Å². The molecule has 3 nitrogen and oxygen atoms in total. The number of allylic oxidation sites excluding steroid dienone is 1. The van der Waals surface area contributed by atoms with Crippen LogP contribution in [0.4, 0.5) is 0 Å². The Morgan fingerprint density at radius 2 is 1.89 bits per heavy atom. The Morgan fingerprint density at radius 3 is 2.54 bits per heavy atom. The molecule has 0 saturated heterocycles. The first-order chi connectivity index (χ1) is 13.2. The van der Waals surface area contributed by atoms with Gasteiger partial charge in [0.15, 0.2) is 0 Å². The predicted molar refractivity (Wildman–Crippen MR) is 111 cm³/mol. The number of esters is 1. The Balaban J connectivity index is 1.61. The molecule has 0 amide bonds. The summed E-state index contributed by atoms with van der Waals surface area (Å²) in [6, 6.07) is 0. The lowest BCUT2D eigenvalue weighted by atomic mass is 9.47. The van der Waals surface area contributed by atoms with Crippen LogP contribution in [0.15, 0.2) is 11.6 Å². The van der Waals surface area contributed by atoms with E-state index < -0.39 is 0 Å². The van der Waals surface area contributed by atoms with Crippen LogP contribution in [0.1, 0.15) is 86.0 Å². The minimum Gasteiger partial charge on any atom is -0.462 e. The molecule has 0 aromatic heterocycles. The maximum absolute atomic E-state index is 12.6. The number of hydrogen-bond acceptors (Lipinski definition) is 3. The van der Waals surface area contributed by atoms with Crippen LogP contribution in [-0.2, 0) is 14.3 Å². The van der Waals surface area contributed by atoms with Gasteiger partial charge in [0, 0.05) is 19.3 Å². The molecule has 0 spiro atoms. The summed E-state index contributed by atoms with van der Waals surface area (Å²) < 4.78 is 5.56. The van der Waals surface area contributed by atoms with Crippen molar-refractivity contribution in [1.82, 2.24) is 0 Å². The van der Waals surface area contributed by atoms with Gasteiger partial charge in [0.2, 0.25) is 0 Å². The molecule has 0 aromatic carbocycles. The zero-order valence-corrected chi connectivity index (χ0v) is 18.4. The molecular weight excluding hydrogens is 348 g/mol. The van der Waals surface area contributed by atoms with Crippen molar-refractivity contribution in [2.24, 2.45) is 40.4 Å². The zero-order chi connectivity index (χ0) is 20.3. The number of rotatable bonds is 3. The lowest BCUT2D eigenvalue weighted by molar-refractivity contribution is -0.149. The van der Waals surface area contributed by atoms with E-state index in [2.05, 4.69) is 26.8 Å². The Bertz CT molecular complexity index is 694. The fourth-order valence-corrected chi connectivity index (χ4v) is 8.34. The van der Waals surface area contributed by atoms with E-state index in [9.17, 15) is 9.59 Å². The van der Waals surface area contributed by atoms with Crippen LogP contribution < -0.4 is 0 Å². The van der Waals surface area contributed by atoms with E-state index in [1.165, 1.54) is 26.2 Å². The lowest BCUT2D eigenvalue weighted by Gasteiger charge is -2.58.